The van der Waals surface area contributed by atoms with Gasteiger partial charge in [0.15, 0.2) is 0 Å². The van der Waals surface area contributed by atoms with Gasteiger partial charge in [-0.1, -0.05) is 32.9 Å². The van der Waals surface area contributed by atoms with Gasteiger partial charge < -0.3 is 15.0 Å². The van der Waals surface area contributed by atoms with Gasteiger partial charge in [-0.15, -0.1) is 0 Å². The Kier molecular flexibility index (Phi) is 6.64. The number of hydrogen-bond donors (Lipinski definition) is 1. The summed E-state index contributed by atoms with van der Waals surface area (Å²) in [4.78, 5) is 26.4. The van der Waals surface area contributed by atoms with Gasteiger partial charge in [-0.05, 0) is 31.4 Å². The van der Waals surface area contributed by atoms with Crippen molar-refractivity contribution in [3.63, 3.8) is 0 Å². The number of hydrogen-bond acceptors (Lipinski definition) is 3. The number of benzene rings is 1. The molecule has 0 radical (unpaired) electrons. The van der Waals surface area contributed by atoms with Crippen molar-refractivity contribution in [1.82, 2.24) is 4.90 Å². The topological polar surface area (TPSA) is 58.6 Å². The van der Waals surface area contributed by atoms with E-state index in [1.807, 2.05) is 49.9 Å². The molecule has 132 valence electrons. The molecule has 2 rings (SSSR count). The lowest BCUT2D eigenvalue weighted by molar-refractivity contribution is -0.137. The minimum atomic E-state index is -0.0551. The van der Waals surface area contributed by atoms with Gasteiger partial charge in [0.2, 0.25) is 11.8 Å². The Balaban J connectivity index is 1.91. The van der Waals surface area contributed by atoms with Gasteiger partial charge in [0, 0.05) is 24.9 Å². The molecular formula is C19H28N2O3. The van der Waals surface area contributed by atoms with E-state index in [2.05, 4.69) is 5.32 Å². The molecule has 1 aromatic carbocycles. The van der Waals surface area contributed by atoms with Gasteiger partial charge in [0.25, 0.3) is 0 Å². The molecule has 2 amide bonds. The van der Waals surface area contributed by atoms with Gasteiger partial charge in [-0.3, -0.25) is 9.59 Å². The van der Waals surface area contributed by atoms with E-state index in [1.54, 1.807) is 0 Å². The second-order valence-corrected chi connectivity index (χ2v) is 6.59. The van der Waals surface area contributed by atoms with Crippen LogP contribution in [0.3, 0.4) is 0 Å². The van der Waals surface area contributed by atoms with Gasteiger partial charge in [0.1, 0.15) is 5.75 Å². The molecule has 5 heteroatoms. The molecule has 1 aliphatic rings. The number of amides is 2. The molecule has 24 heavy (non-hydrogen) atoms. The molecule has 1 N–H and O–H groups in total. The number of nitrogens with one attached hydrogen (secondary N) is 1. The molecule has 1 aliphatic heterocycles. The molecule has 0 spiro atoms. The fraction of sp³-hybridized carbons (Fsp3) is 0.579. The van der Waals surface area contributed by atoms with E-state index in [0.717, 1.165) is 12.1 Å². The quantitative estimate of drug-likeness (QED) is 0.869. The second kappa shape index (κ2) is 8.71. The van der Waals surface area contributed by atoms with Crippen molar-refractivity contribution in [1.29, 1.82) is 0 Å². The van der Waals surface area contributed by atoms with Gasteiger partial charge in [-0.25, -0.2) is 0 Å². The predicted molar refractivity (Wildman–Crippen MR) is 95.0 cm³/mol. The Labute approximate surface area is 144 Å². The molecule has 1 fully saturated rings. The van der Waals surface area contributed by atoms with Crippen LogP contribution in [0.1, 0.15) is 40.0 Å². The molecule has 1 aromatic rings. The van der Waals surface area contributed by atoms with Crippen LogP contribution in [0.25, 0.3) is 0 Å². The van der Waals surface area contributed by atoms with E-state index in [4.69, 9.17) is 4.74 Å². The smallest absolute Gasteiger partial charge is 0.227 e. The SMILES string of the molecule is CCCOc1ccccc1NC(=O)C1CCN(C(=O)C(C)C)CC1. The van der Waals surface area contributed by atoms with Crippen molar-refractivity contribution in [2.24, 2.45) is 11.8 Å². The highest BCUT2D eigenvalue weighted by atomic mass is 16.5. The van der Waals surface area contributed by atoms with E-state index in [-0.39, 0.29) is 23.7 Å². The lowest BCUT2D eigenvalue weighted by atomic mass is 9.95. The summed E-state index contributed by atoms with van der Waals surface area (Å²) in [6.45, 7) is 7.81. The highest BCUT2D eigenvalue weighted by Gasteiger charge is 2.28. The number of piperidine rings is 1. The van der Waals surface area contributed by atoms with Crippen LogP contribution in [0.2, 0.25) is 0 Å². The highest BCUT2D eigenvalue weighted by molar-refractivity contribution is 5.94. The largest absolute Gasteiger partial charge is 0.491 e. The molecule has 1 heterocycles. The average molecular weight is 332 g/mol. The van der Waals surface area contributed by atoms with Crippen LogP contribution in [-0.2, 0) is 9.59 Å². The summed E-state index contributed by atoms with van der Waals surface area (Å²) in [6, 6.07) is 7.52. The third-order valence-corrected chi connectivity index (χ3v) is 4.28. The van der Waals surface area contributed by atoms with E-state index in [0.29, 0.717) is 38.3 Å². The lowest BCUT2D eigenvalue weighted by Gasteiger charge is -2.32. The fourth-order valence-electron chi connectivity index (χ4n) is 2.87. The van der Waals surface area contributed by atoms with Crippen molar-refractivity contribution >= 4 is 17.5 Å². The maximum absolute atomic E-state index is 12.5. The number of carbonyl (C=O) groups excluding carboxylic acids is 2. The van der Waals surface area contributed by atoms with Gasteiger partial charge in [0.05, 0.1) is 12.3 Å². The van der Waals surface area contributed by atoms with Crippen LogP contribution in [0, 0.1) is 11.8 Å². The summed E-state index contributed by atoms with van der Waals surface area (Å²) in [6.07, 6.45) is 2.34. The number of rotatable bonds is 6. The predicted octanol–water partition coefficient (Wildman–Crippen LogP) is 3.31. The number of carbonyl (C=O) groups is 2. The van der Waals surface area contributed by atoms with Crippen LogP contribution in [-0.4, -0.2) is 36.4 Å². The molecule has 1 saturated heterocycles. The maximum Gasteiger partial charge on any atom is 0.227 e. The average Bonchev–Trinajstić information content (AvgIpc) is 2.60. The molecule has 0 atom stereocenters. The van der Waals surface area contributed by atoms with Crippen LogP contribution >= 0.6 is 0 Å². The minimum absolute atomic E-state index is 0.0120. The van der Waals surface area contributed by atoms with Gasteiger partial charge in [-0.2, -0.15) is 0 Å². The summed E-state index contributed by atoms with van der Waals surface area (Å²) >= 11 is 0. The molecule has 0 saturated carbocycles. The van der Waals surface area contributed by atoms with Crippen LogP contribution < -0.4 is 10.1 Å². The summed E-state index contributed by atoms with van der Waals surface area (Å²) in [5, 5.41) is 2.99. The van der Waals surface area contributed by atoms with Crippen molar-refractivity contribution < 1.29 is 14.3 Å². The zero-order valence-electron chi connectivity index (χ0n) is 14.9. The standard InChI is InChI=1S/C19H28N2O3/c1-4-13-24-17-8-6-5-7-16(17)20-18(22)15-9-11-21(12-10-15)19(23)14(2)3/h5-8,14-15H,4,9-13H2,1-3H3,(H,20,22). The zero-order valence-corrected chi connectivity index (χ0v) is 14.9. The van der Waals surface area contributed by atoms with E-state index < -0.39 is 0 Å². The first kappa shape index (κ1) is 18.3. The zero-order chi connectivity index (χ0) is 17.5. The third kappa shape index (κ3) is 4.73. The Hall–Kier alpha value is -2.04. The van der Waals surface area contributed by atoms with E-state index in [1.165, 1.54) is 0 Å². The lowest BCUT2D eigenvalue weighted by Crippen LogP contribution is -2.43. The number of likely N-dealkylation sites (tertiary alicyclic amines) is 1. The number of ether oxygens (including phenoxy) is 1. The highest BCUT2D eigenvalue weighted by Crippen LogP contribution is 2.26. The Bertz CT molecular complexity index is 563. The molecule has 5 nitrogen and oxygen atoms in total. The number of anilines is 1. The van der Waals surface area contributed by atoms with Crippen molar-refractivity contribution in [2.75, 3.05) is 25.0 Å². The summed E-state index contributed by atoms with van der Waals surface area (Å²) in [5.74, 6) is 0.852. The summed E-state index contributed by atoms with van der Waals surface area (Å²) in [7, 11) is 0. The Morgan fingerprint density at radius 1 is 1.25 bits per heavy atom. The minimum Gasteiger partial charge on any atom is -0.491 e. The molecule has 0 unspecified atom stereocenters. The second-order valence-electron chi connectivity index (χ2n) is 6.59. The van der Waals surface area contributed by atoms with Crippen LogP contribution in [0.4, 0.5) is 5.69 Å². The van der Waals surface area contributed by atoms with E-state index >= 15 is 0 Å². The Morgan fingerprint density at radius 2 is 1.92 bits per heavy atom. The molecular weight excluding hydrogens is 304 g/mol. The fourth-order valence-corrected chi connectivity index (χ4v) is 2.87. The monoisotopic (exact) mass is 332 g/mol. The molecule has 0 aliphatic carbocycles. The maximum atomic E-state index is 12.5. The first-order chi connectivity index (χ1) is 11.5. The van der Waals surface area contributed by atoms with Crippen LogP contribution in [0.15, 0.2) is 24.3 Å². The van der Waals surface area contributed by atoms with Crippen molar-refractivity contribution in [3.05, 3.63) is 24.3 Å². The summed E-state index contributed by atoms with van der Waals surface area (Å²) < 4.78 is 5.68. The first-order valence-corrected chi connectivity index (χ1v) is 8.84. The third-order valence-electron chi connectivity index (χ3n) is 4.28. The number of nitrogens with zero attached hydrogens (tertiary/aromatic N) is 1. The van der Waals surface area contributed by atoms with E-state index in [9.17, 15) is 9.59 Å². The Morgan fingerprint density at radius 3 is 2.54 bits per heavy atom. The summed E-state index contributed by atoms with van der Waals surface area (Å²) in [5.41, 5.74) is 0.719. The molecule has 0 aromatic heterocycles. The van der Waals surface area contributed by atoms with Crippen molar-refractivity contribution in [3.8, 4) is 5.75 Å². The van der Waals surface area contributed by atoms with Gasteiger partial charge >= 0.3 is 0 Å². The first-order valence-electron chi connectivity index (χ1n) is 8.84. The normalized spacial score (nSPS) is 15.4. The van der Waals surface area contributed by atoms with Crippen molar-refractivity contribution in [2.45, 2.75) is 40.0 Å². The van der Waals surface area contributed by atoms with Crippen LogP contribution in [0.5, 0.6) is 5.75 Å². The molecule has 0 bridgehead atoms. The number of para-hydroxylation sites is 2.